The SMILES string of the molecule is CCOC1(c2cccc3[nH]c(C(F)(F)F)nc23)/C(=C/N)CCCC1C. The second kappa shape index (κ2) is 6.37. The number of aromatic amines is 1. The Labute approximate surface area is 144 Å². The van der Waals surface area contributed by atoms with Gasteiger partial charge in [-0.3, -0.25) is 0 Å². The van der Waals surface area contributed by atoms with Crippen molar-refractivity contribution in [2.45, 2.75) is 44.9 Å². The fraction of sp³-hybridized carbons (Fsp3) is 0.500. The standard InChI is InChI=1S/C18H22F3N3O/c1-3-25-17(11(2)6-4-7-12(17)10-22)13-8-5-9-14-15(13)24-16(23-14)18(19,20)21/h5,8-11H,3-4,6-7,22H2,1-2H3,(H,23,24)/b12-10+. The van der Waals surface area contributed by atoms with E-state index in [1.807, 2.05) is 6.92 Å². The molecule has 0 bridgehead atoms. The maximum atomic E-state index is 13.1. The molecular formula is C18H22F3N3O. The summed E-state index contributed by atoms with van der Waals surface area (Å²) < 4.78 is 45.5. The number of imidazole rings is 1. The van der Waals surface area contributed by atoms with Crippen molar-refractivity contribution in [3.63, 3.8) is 0 Å². The van der Waals surface area contributed by atoms with Crippen LogP contribution >= 0.6 is 0 Å². The molecule has 136 valence electrons. The van der Waals surface area contributed by atoms with Gasteiger partial charge < -0.3 is 15.5 Å². The summed E-state index contributed by atoms with van der Waals surface area (Å²) in [4.78, 5) is 6.24. The van der Waals surface area contributed by atoms with Crippen LogP contribution in [0.2, 0.25) is 0 Å². The molecule has 2 unspecified atom stereocenters. The third-order valence-electron chi connectivity index (χ3n) is 5.01. The quantitative estimate of drug-likeness (QED) is 0.855. The van der Waals surface area contributed by atoms with Gasteiger partial charge in [-0.15, -0.1) is 0 Å². The molecule has 25 heavy (non-hydrogen) atoms. The highest BCUT2D eigenvalue weighted by Gasteiger charge is 2.46. The van der Waals surface area contributed by atoms with Crippen molar-refractivity contribution in [2.24, 2.45) is 11.7 Å². The molecule has 1 saturated carbocycles. The van der Waals surface area contributed by atoms with Crippen LogP contribution in [0.1, 0.15) is 44.5 Å². The van der Waals surface area contributed by atoms with Crippen LogP contribution in [-0.4, -0.2) is 16.6 Å². The second-order valence-corrected chi connectivity index (χ2v) is 6.44. The fourth-order valence-electron chi connectivity index (χ4n) is 3.96. The second-order valence-electron chi connectivity index (χ2n) is 6.44. The Hall–Kier alpha value is -2.02. The van der Waals surface area contributed by atoms with Gasteiger partial charge >= 0.3 is 6.18 Å². The Morgan fingerprint density at radius 3 is 2.84 bits per heavy atom. The smallest absolute Gasteiger partial charge is 0.405 e. The van der Waals surface area contributed by atoms with Crippen molar-refractivity contribution in [3.05, 3.63) is 41.4 Å². The Kier molecular flexibility index (Phi) is 4.53. The molecule has 1 aromatic carbocycles. The average molecular weight is 353 g/mol. The number of para-hydroxylation sites is 1. The molecule has 2 aromatic rings. The molecule has 1 aliphatic carbocycles. The number of alkyl halides is 3. The van der Waals surface area contributed by atoms with Crippen LogP contribution < -0.4 is 5.73 Å². The highest BCUT2D eigenvalue weighted by molar-refractivity contribution is 5.80. The average Bonchev–Trinajstić information content (AvgIpc) is 3.01. The third-order valence-corrected chi connectivity index (χ3v) is 5.01. The fourth-order valence-corrected chi connectivity index (χ4v) is 3.96. The van der Waals surface area contributed by atoms with Gasteiger partial charge in [-0.05, 0) is 49.9 Å². The van der Waals surface area contributed by atoms with Crippen molar-refractivity contribution in [3.8, 4) is 0 Å². The predicted molar refractivity (Wildman–Crippen MR) is 89.7 cm³/mol. The van der Waals surface area contributed by atoms with E-state index >= 15 is 0 Å². The number of nitrogens with one attached hydrogen (secondary N) is 1. The summed E-state index contributed by atoms with van der Waals surface area (Å²) in [5.74, 6) is -0.920. The molecule has 0 saturated heterocycles. The van der Waals surface area contributed by atoms with Gasteiger partial charge in [0.15, 0.2) is 0 Å². The summed E-state index contributed by atoms with van der Waals surface area (Å²) in [6.07, 6.45) is -0.345. The molecule has 0 aliphatic heterocycles. The van der Waals surface area contributed by atoms with Crippen LogP contribution in [0.3, 0.4) is 0 Å². The Balaban J connectivity index is 2.28. The number of halogens is 3. The number of nitrogens with two attached hydrogens (primary N) is 1. The molecule has 1 aliphatic rings. The minimum absolute atomic E-state index is 0.0765. The minimum Gasteiger partial charge on any atom is -0.405 e. The van der Waals surface area contributed by atoms with Crippen molar-refractivity contribution in [1.29, 1.82) is 0 Å². The molecule has 4 nitrogen and oxygen atoms in total. The van der Waals surface area contributed by atoms with Gasteiger partial charge in [-0.1, -0.05) is 19.1 Å². The van der Waals surface area contributed by atoms with E-state index in [2.05, 4.69) is 16.9 Å². The van der Waals surface area contributed by atoms with E-state index < -0.39 is 17.6 Å². The Bertz CT molecular complexity index is 796. The summed E-state index contributed by atoms with van der Waals surface area (Å²) in [6.45, 7) is 4.35. The Morgan fingerprint density at radius 1 is 1.44 bits per heavy atom. The highest BCUT2D eigenvalue weighted by atomic mass is 19.4. The number of hydrogen-bond acceptors (Lipinski definition) is 3. The molecular weight excluding hydrogens is 331 g/mol. The van der Waals surface area contributed by atoms with Crippen LogP contribution in [0.4, 0.5) is 13.2 Å². The van der Waals surface area contributed by atoms with Gasteiger partial charge in [0.25, 0.3) is 0 Å². The molecule has 3 rings (SSSR count). The topological polar surface area (TPSA) is 63.9 Å². The van der Waals surface area contributed by atoms with Crippen molar-refractivity contribution < 1.29 is 17.9 Å². The van der Waals surface area contributed by atoms with Crippen LogP contribution in [0.5, 0.6) is 0 Å². The van der Waals surface area contributed by atoms with Gasteiger partial charge in [0.1, 0.15) is 5.60 Å². The number of H-pyrrole nitrogens is 1. The molecule has 0 radical (unpaired) electrons. The van der Waals surface area contributed by atoms with E-state index in [0.29, 0.717) is 17.7 Å². The van der Waals surface area contributed by atoms with E-state index in [1.165, 1.54) is 0 Å². The maximum absolute atomic E-state index is 13.1. The number of hydrogen-bond donors (Lipinski definition) is 2. The summed E-state index contributed by atoms with van der Waals surface area (Å²) in [7, 11) is 0. The molecule has 1 heterocycles. The van der Waals surface area contributed by atoms with E-state index in [4.69, 9.17) is 10.5 Å². The van der Waals surface area contributed by atoms with Gasteiger partial charge in [0, 0.05) is 12.2 Å². The highest BCUT2D eigenvalue weighted by Crippen LogP contribution is 2.49. The molecule has 7 heteroatoms. The molecule has 1 aromatic heterocycles. The lowest BCUT2D eigenvalue weighted by molar-refractivity contribution is -0.144. The zero-order valence-electron chi connectivity index (χ0n) is 14.3. The predicted octanol–water partition coefficient (Wildman–Crippen LogP) is 4.48. The van der Waals surface area contributed by atoms with Crippen LogP contribution in [-0.2, 0) is 16.5 Å². The number of ether oxygens (including phenoxy) is 1. The van der Waals surface area contributed by atoms with E-state index in [1.54, 1.807) is 24.4 Å². The largest absolute Gasteiger partial charge is 0.449 e. The molecule has 0 spiro atoms. The van der Waals surface area contributed by atoms with Gasteiger partial charge in [0.2, 0.25) is 5.82 Å². The lowest BCUT2D eigenvalue weighted by atomic mass is 9.69. The number of fused-ring (bicyclic) bond motifs is 1. The normalized spacial score (nSPS) is 26.4. The van der Waals surface area contributed by atoms with Crippen molar-refractivity contribution in [2.75, 3.05) is 6.61 Å². The Morgan fingerprint density at radius 2 is 2.20 bits per heavy atom. The lowest BCUT2D eigenvalue weighted by Crippen LogP contribution is -2.42. The number of nitrogens with zero attached hydrogens (tertiary/aromatic N) is 1. The summed E-state index contributed by atoms with van der Waals surface area (Å²) in [6, 6.07) is 5.12. The molecule has 2 atom stereocenters. The summed E-state index contributed by atoms with van der Waals surface area (Å²) in [5, 5.41) is 0. The first-order valence-corrected chi connectivity index (χ1v) is 8.46. The number of benzene rings is 1. The first kappa shape index (κ1) is 17.8. The number of rotatable bonds is 3. The van der Waals surface area contributed by atoms with Crippen LogP contribution in [0, 0.1) is 5.92 Å². The monoisotopic (exact) mass is 353 g/mol. The molecule has 3 N–H and O–H groups in total. The van der Waals surface area contributed by atoms with Crippen LogP contribution in [0.15, 0.2) is 30.0 Å². The minimum atomic E-state index is -4.53. The third kappa shape index (κ3) is 2.80. The van der Waals surface area contributed by atoms with Crippen molar-refractivity contribution >= 4 is 11.0 Å². The lowest BCUT2D eigenvalue weighted by Gasteiger charge is -2.44. The van der Waals surface area contributed by atoms with Gasteiger partial charge in [-0.25, -0.2) is 4.98 Å². The first-order valence-electron chi connectivity index (χ1n) is 8.46. The van der Waals surface area contributed by atoms with Gasteiger partial charge in [0.05, 0.1) is 11.0 Å². The van der Waals surface area contributed by atoms with Crippen molar-refractivity contribution in [1.82, 2.24) is 9.97 Å². The summed E-state index contributed by atoms with van der Waals surface area (Å²) >= 11 is 0. The van der Waals surface area contributed by atoms with E-state index in [0.717, 1.165) is 24.8 Å². The zero-order valence-corrected chi connectivity index (χ0v) is 14.3. The number of aromatic nitrogens is 2. The zero-order chi connectivity index (χ0) is 18.2. The maximum Gasteiger partial charge on any atom is 0.449 e. The van der Waals surface area contributed by atoms with E-state index in [-0.39, 0.29) is 11.4 Å². The van der Waals surface area contributed by atoms with Crippen LogP contribution in [0.25, 0.3) is 11.0 Å². The summed E-state index contributed by atoms with van der Waals surface area (Å²) in [5.41, 5.74) is 7.20. The first-order chi connectivity index (χ1) is 11.8. The molecule has 1 fully saturated rings. The van der Waals surface area contributed by atoms with Gasteiger partial charge in [-0.2, -0.15) is 13.2 Å². The molecule has 0 amide bonds. The van der Waals surface area contributed by atoms with E-state index in [9.17, 15) is 13.2 Å².